The molecule has 0 radical (unpaired) electrons. The molecule has 9 heavy (non-hydrogen) atoms. The van der Waals surface area contributed by atoms with Crippen molar-refractivity contribution in [2.75, 3.05) is 13.1 Å². The van der Waals surface area contributed by atoms with E-state index in [9.17, 15) is 0 Å². The molecule has 2 heteroatoms. The number of halogens is 1. The van der Waals surface area contributed by atoms with E-state index in [4.69, 9.17) is 11.6 Å². The molecular weight excluding hydrogens is 134 g/mol. The molecule has 0 saturated carbocycles. The third-order valence-electron chi connectivity index (χ3n) is 0.744. The average Bonchev–Trinajstić information content (AvgIpc) is 1.63. The minimum absolute atomic E-state index is 0.635. The van der Waals surface area contributed by atoms with E-state index < -0.39 is 0 Å². The minimum Gasteiger partial charge on any atom is -0.308 e. The van der Waals surface area contributed by atoms with Crippen molar-refractivity contribution >= 4 is 11.6 Å². The van der Waals surface area contributed by atoms with Gasteiger partial charge in [0.1, 0.15) is 0 Å². The first-order valence-corrected chi connectivity index (χ1v) is 3.19. The van der Waals surface area contributed by atoms with Crippen LogP contribution in [-0.4, -0.2) is 13.1 Å². The van der Waals surface area contributed by atoms with Crippen LogP contribution in [0.3, 0.4) is 0 Å². The third-order valence-corrected chi connectivity index (χ3v) is 0.877. The van der Waals surface area contributed by atoms with Crippen LogP contribution in [0.1, 0.15) is 6.92 Å². The molecular formula is C7H12ClN. The maximum absolute atomic E-state index is 5.47. The van der Waals surface area contributed by atoms with Crippen LogP contribution in [0.25, 0.3) is 0 Å². The largest absolute Gasteiger partial charge is 0.308 e. The Labute approximate surface area is 61.4 Å². The molecule has 0 aliphatic carbocycles. The molecule has 0 aromatic rings. The molecule has 0 bridgehead atoms. The van der Waals surface area contributed by atoms with Crippen molar-refractivity contribution in [2.45, 2.75) is 6.92 Å². The molecule has 0 aliphatic rings. The molecule has 0 amide bonds. The maximum atomic E-state index is 5.47. The molecule has 0 heterocycles. The highest BCUT2D eigenvalue weighted by atomic mass is 35.5. The fourth-order valence-corrected chi connectivity index (χ4v) is 0.506. The normalized spacial score (nSPS) is 9.11. The van der Waals surface area contributed by atoms with Crippen LogP contribution in [0.15, 0.2) is 23.8 Å². The van der Waals surface area contributed by atoms with Crippen LogP contribution in [0.5, 0.6) is 0 Å². The van der Waals surface area contributed by atoms with Gasteiger partial charge in [-0.05, 0) is 6.92 Å². The van der Waals surface area contributed by atoms with Crippen LogP contribution in [0.4, 0.5) is 0 Å². The Kier molecular flexibility index (Phi) is 4.46. The monoisotopic (exact) mass is 145 g/mol. The topological polar surface area (TPSA) is 12.0 Å². The molecule has 0 aromatic carbocycles. The molecule has 0 fully saturated rings. The van der Waals surface area contributed by atoms with Gasteiger partial charge in [0.15, 0.2) is 0 Å². The Bertz CT molecular complexity index is 104. The van der Waals surface area contributed by atoms with Crippen molar-refractivity contribution in [2.24, 2.45) is 0 Å². The van der Waals surface area contributed by atoms with E-state index in [-0.39, 0.29) is 0 Å². The van der Waals surface area contributed by atoms with Crippen LogP contribution in [-0.2, 0) is 0 Å². The first-order chi connectivity index (χ1) is 4.13. The van der Waals surface area contributed by atoms with E-state index in [1.54, 1.807) is 0 Å². The zero-order valence-corrected chi connectivity index (χ0v) is 6.46. The molecule has 0 unspecified atom stereocenters. The van der Waals surface area contributed by atoms with Gasteiger partial charge in [0.2, 0.25) is 0 Å². The predicted molar refractivity (Wildman–Crippen MR) is 42.7 cm³/mol. The Morgan fingerprint density at radius 2 is 2.00 bits per heavy atom. The van der Waals surface area contributed by atoms with E-state index in [2.05, 4.69) is 18.5 Å². The van der Waals surface area contributed by atoms with Crippen molar-refractivity contribution in [3.05, 3.63) is 23.8 Å². The average molecular weight is 146 g/mol. The van der Waals surface area contributed by atoms with Crippen molar-refractivity contribution in [3.63, 3.8) is 0 Å². The van der Waals surface area contributed by atoms with Crippen LogP contribution < -0.4 is 5.32 Å². The standard InChI is InChI=1S/C7H12ClN/c1-6(2)4-9-5-7(3)8/h9H,1,3-5H2,2H3. The van der Waals surface area contributed by atoms with E-state index in [0.717, 1.165) is 12.1 Å². The van der Waals surface area contributed by atoms with E-state index in [1.165, 1.54) is 0 Å². The summed E-state index contributed by atoms with van der Waals surface area (Å²) in [4.78, 5) is 0. The maximum Gasteiger partial charge on any atom is 0.0310 e. The fraction of sp³-hybridized carbons (Fsp3) is 0.429. The van der Waals surface area contributed by atoms with Crippen molar-refractivity contribution in [3.8, 4) is 0 Å². The van der Waals surface area contributed by atoms with Gasteiger partial charge >= 0.3 is 0 Å². The van der Waals surface area contributed by atoms with E-state index in [1.807, 2.05) is 6.92 Å². The quantitative estimate of drug-likeness (QED) is 0.596. The number of nitrogens with one attached hydrogen (secondary N) is 1. The van der Waals surface area contributed by atoms with Crippen LogP contribution >= 0.6 is 11.6 Å². The molecule has 1 N–H and O–H groups in total. The van der Waals surface area contributed by atoms with Crippen LogP contribution in [0.2, 0.25) is 0 Å². The summed E-state index contributed by atoms with van der Waals surface area (Å²) in [6.07, 6.45) is 0. The van der Waals surface area contributed by atoms with Crippen molar-refractivity contribution in [1.82, 2.24) is 5.32 Å². The Morgan fingerprint density at radius 1 is 1.44 bits per heavy atom. The summed E-state index contributed by atoms with van der Waals surface area (Å²) >= 11 is 5.47. The molecule has 0 aliphatic heterocycles. The van der Waals surface area contributed by atoms with Gasteiger partial charge in [-0.25, -0.2) is 0 Å². The van der Waals surface area contributed by atoms with E-state index in [0.29, 0.717) is 11.6 Å². The predicted octanol–water partition coefficient (Wildman–Crippen LogP) is 1.90. The second kappa shape index (κ2) is 4.59. The Balaban J connectivity index is 3.10. The lowest BCUT2D eigenvalue weighted by molar-refractivity contribution is 0.811. The first kappa shape index (κ1) is 8.73. The van der Waals surface area contributed by atoms with Crippen molar-refractivity contribution < 1.29 is 0 Å². The van der Waals surface area contributed by atoms with Crippen molar-refractivity contribution in [1.29, 1.82) is 0 Å². The lowest BCUT2D eigenvalue weighted by Gasteiger charge is -2.00. The summed E-state index contributed by atoms with van der Waals surface area (Å²) < 4.78 is 0. The smallest absolute Gasteiger partial charge is 0.0310 e. The zero-order chi connectivity index (χ0) is 7.28. The van der Waals surface area contributed by atoms with Gasteiger partial charge in [0.05, 0.1) is 0 Å². The fourth-order valence-electron chi connectivity index (χ4n) is 0.412. The van der Waals surface area contributed by atoms with E-state index >= 15 is 0 Å². The van der Waals surface area contributed by atoms with Gasteiger partial charge in [-0.1, -0.05) is 30.3 Å². The molecule has 0 spiro atoms. The number of rotatable bonds is 4. The van der Waals surface area contributed by atoms with Gasteiger partial charge in [-0.3, -0.25) is 0 Å². The summed E-state index contributed by atoms with van der Waals surface area (Å²) in [5.74, 6) is 0. The van der Waals surface area contributed by atoms with Gasteiger partial charge in [0, 0.05) is 18.1 Å². The molecule has 0 rings (SSSR count). The van der Waals surface area contributed by atoms with Gasteiger partial charge < -0.3 is 5.32 Å². The molecule has 1 nitrogen and oxygen atoms in total. The lowest BCUT2D eigenvalue weighted by atomic mass is 10.3. The summed E-state index contributed by atoms with van der Waals surface area (Å²) in [5, 5.41) is 3.69. The number of hydrogen-bond donors (Lipinski definition) is 1. The highest BCUT2D eigenvalue weighted by Gasteiger charge is 1.86. The van der Waals surface area contributed by atoms with Crippen LogP contribution in [0, 0.1) is 0 Å². The lowest BCUT2D eigenvalue weighted by Crippen LogP contribution is -2.16. The molecule has 52 valence electrons. The molecule has 0 atom stereocenters. The first-order valence-electron chi connectivity index (χ1n) is 2.81. The highest BCUT2D eigenvalue weighted by Crippen LogP contribution is 1.92. The SMILES string of the molecule is C=C(C)CNCC(=C)Cl. The molecule has 0 saturated heterocycles. The number of hydrogen-bond acceptors (Lipinski definition) is 1. The third kappa shape index (κ3) is 7.73. The minimum atomic E-state index is 0.635. The summed E-state index contributed by atoms with van der Waals surface area (Å²) in [5.41, 5.74) is 1.10. The summed E-state index contributed by atoms with van der Waals surface area (Å²) in [6, 6.07) is 0. The highest BCUT2D eigenvalue weighted by molar-refractivity contribution is 6.29. The second-order valence-corrected chi connectivity index (χ2v) is 2.61. The van der Waals surface area contributed by atoms with Gasteiger partial charge in [0.25, 0.3) is 0 Å². The Hall–Kier alpha value is -0.270. The van der Waals surface area contributed by atoms with Gasteiger partial charge in [-0.15, -0.1) is 0 Å². The van der Waals surface area contributed by atoms with Gasteiger partial charge in [-0.2, -0.15) is 0 Å². The summed E-state index contributed by atoms with van der Waals surface area (Å²) in [6.45, 7) is 10.7. The summed E-state index contributed by atoms with van der Waals surface area (Å²) in [7, 11) is 0. The zero-order valence-electron chi connectivity index (χ0n) is 5.71. The second-order valence-electron chi connectivity index (χ2n) is 2.08. The molecule has 0 aromatic heterocycles. The Morgan fingerprint density at radius 3 is 2.33 bits per heavy atom.